The van der Waals surface area contributed by atoms with Crippen molar-refractivity contribution in [2.45, 2.75) is 64.8 Å². The highest BCUT2D eigenvalue weighted by atomic mass is 16.2. The molecule has 2 aliphatic rings. The summed E-state index contributed by atoms with van der Waals surface area (Å²) in [7, 11) is 0. The Morgan fingerprint density at radius 2 is 2.17 bits per heavy atom. The normalized spacial score (nSPS) is 23.9. The van der Waals surface area contributed by atoms with Crippen LogP contribution in [0.2, 0.25) is 0 Å². The molecule has 0 aromatic heterocycles. The molecule has 0 aromatic carbocycles. The Balaban J connectivity index is 1.84. The van der Waals surface area contributed by atoms with Gasteiger partial charge in [0.15, 0.2) is 0 Å². The number of nitrogens with zero attached hydrogens (tertiary/aromatic N) is 1. The molecule has 2 atom stereocenters. The molecule has 2 unspecified atom stereocenters. The molecule has 2 heterocycles. The van der Waals surface area contributed by atoms with Crippen LogP contribution in [-0.2, 0) is 9.59 Å². The van der Waals surface area contributed by atoms with E-state index < -0.39 is 0 Å². The fraction of sp³-hybridized carbons (Fsp3) is 0.889. The number of amides is 2. The lowest BCUT2D eigenvalue weighted by atomic mass is 9.96. The zero-order chi connectivity index (χ0) is 16.7. The smallest absolute Gasteiger partial charge is 0.242 e. The van der Waals surface area contributed by atoms with Gasteiger partial charge in [-0.15, -0.1) is 0 Å². The molecule has 2 N–H and O–H groups in total. The first kappa shape index (κ1) is 18.2. The average Bonchev–Trinajstić information content (AvgIpc) is 2.54. The summed E-state index contributed by atoms with van der Waals surface area (Å²) in [4.78, 5) is 26.6. The fourth-order valence-corrected chi connectivity index (χ4v) is 3.67. The van der Waals surface area contributed by atoms with Gasteiger partial charge in [-0.25, -0.2) is 0 Å². The van der Waals surface area contributed by atoms with Crippen molar-refractivity contribution in [1.82, 2.24) is 15.5 Å². The van der Waals surface area contributed by atoms with E-state index >= 15 is 0 Å². The van der Waals surface area contributed by atoms with Crippen LogP contribution in [0.1, 0.15) is 58.8 Å². The molecule has 0 aromatic rings. The van der Waals surface area contributed by atoms with Gasteiger partial charge in [-0.3, -0.25) is 9.59 Å². The summed E-state index contributed by atoms with van der Waals surface area (Å²) in [6, 6.07) is -0.285. The van der Waals surface area contributed by atoms with Gasteiger partial charge in [-0.2, -0.15) is 0 Å². The molecule has 0 bridgehead atoms. The number of hydrogen-bond donors (Lipinski definition) is 2. The number of likely N-dealkylation sites (tertiary alicyclic amines) is 1. The quantitative estimate of drug-likeness (QED) is 0.752. The van der Waals surface area contributed by atoms with E-state index in [1.807, 2.05) is 4.90 Å². The Kier molecular flexibility index (Phi) is 7.34. The monoisotopic (exact) mass is 323 g/mol. The van der Waals surface area contributed by atoms with Crippen molar-refractivity contribution in [2.75, 3.05) is 26.2 Å². The maximum atomic E-state index is 12.6. The SMILES string of the molecule is CC(C)CC(C(=O)NCCC1CCCNC1)N1CCCCC1=O. The van der Waals surface area contributed by atoms with Crippen LogP contribution in [0.4, 0.5) is 0 Å². The van der Waals surface area contributed by atoms with E-state index in [4.69, 9.17) is 0 Å². The lowest BCUT2D eigenvalue weighted by Gasteiger charge is -2.34. The van der Waals surface area contributed by atoms with Gasteiger partial charge in [0.05, 0.1) is 0 Å². The minimum absolute atomic E-state index is 0.0396. The number of carbonyl (C=O) groups excluding carboxylic acids is 2. The molecular formula is C18H33N3O2. The molecule has 5 heteroatoms. The first-order valence-corrected chi connectivity index (χ1v) is 9.36. The molecule has 2 rings (SSSR count). The van der Waals surface area contributed by atoms with E-state index in [2.05, 4.69) is 24.5 Å². The van der Waals surface area contributed by atoms with Crippen LogP contribution in [0.15, 0.2) is 0 Å². The summed E-state index contributed by atoms with van der Waals surface area (Å²) in [6.07, 6.45) is 6.83. The highest BCUT2D eigenvalue weighted by Crippen LogP contribution is 2.19. The Bertz CT molecular complexity index is 392. The fourth-order valence-electron chi connectivity index (χ4n) is 3.67. The molecular weight excluding hydrogens is 290 g/mol. The van der Waals surface area contributed by atoms with Crippen molar-refractivity contribution in [2.24, 2.45) is 11.8 Å². The summed E-state index contributed by atoms with van der Waals surface area (Å²) >= 11 is 0. The van der Waals surface area contributed by atoms with E-state index in [9.17, 15) is 9.59 Å². The van der Waals surface area contributed by atoms with Gasteiger partial charge in [-0.05, 0) is 63.5 Å². The molecule has 2 saturated heterocycles. The first-order chi connectivity index (χ1) is 11.1. The topological polar surface area (TPSA) is 61.4 Å². The first-order valence-electron chi connectivity index (χ1n) is 9.36. The van der Waals surface area contributed by atoms with Crippen molar-refractivity contribution in [3.63, 3.8) is 0 Å². The number of piperidine rings is 2. The van der Waals surface area contributed by atoms with Crippen LogP contribution in [0.25, 0.3) is 0 Å². The van der Waals surface area contributed by atoms with Gasteiger partial charge in [0.1, 0.15) is 6.04 Å². The van der Waals surface area contributed by atoms with Crippen LogP contribution >= 0.6 is 0 Å². The van der Waals surface area contributed by atoms with Crippen molar-refractivity contribution >= 4 is 11.8 Å². The molecule has 2 fully saturated rings. The number of hydrogen-bond acceptors (Lipinski definition) is 3. The summed E-state index contributed by atoms with van der Waals surface area (Å²) in [5, 5.41) is 6.51. The standard InChI is InChI=1S/C18H33N3O2/c1-14(2)12-16(21-11-4-3-7-17(21)22)18(23)20-10-8-15-6-5-9-19-13-15/h14-16,19H,3-13H2,1-2H3,(H,20,23). The van der Waals surface area contributed by atoms with Crippen LogP contribution in [0, 0.1) is 11.8 Å². The Morgan fingerprint density at radius 3 is 2.83 bits per heavy atom. The summed E-state index contributed by atoms with van der Waals surface area (Å²) in [5.41, 5.74) is 0. The maximum absolute atomic E-state index is 12.6. The van der Waals surface area contributed by atoms with Crippen molar-refractivity contribution < 1.29 is 9.59 Å². The van der Waals surface area contributed by atoms with Crippen molar-refractivity contribution in [3.05, 3.63) is 0 Å². The number of rotatable bonds is 7. The Labute approximate surface area is 140 Å². The average molecular weight is 323 g/mol. The number of carbonyl (C=O) groups is 2. The Hall–Kier alpha value is -1.10. The van der Waals surface area contributed by atoms with E-state index in [1.54, 1.807) is 0 Å². The van der Waals surface area contributed by atoms with Crippen LogP contribution < -0.4 is 10.6 Å². The number of nitrogens with one attached hydrogen (secondary N) is 2. The van der Waals surface area contributed by atoms with E-state index in [0.717, 1.165) is 51.9 Å². The van der Waals surface area contributed by atoms with Gasteiger partial charge in [0.25, 0.3) is 0 Å². The Morgan fingerprint density at radius 1 is 1.35 bits per heavy atom. The molecule has 5 nitrogen and oxygen atoms in total. The zero-order valence-corrected chi connectivity index (χ0v) is 14.8. The minimum atomic E-state index is -0.285. The largest absolute Gasteiger partial charge is 0.354 e. The summed E-state index contributed by atoms with van der Waals surface area (Å²) in [5.74, 6) is 1.26. The molecule has 0 saturated carbocycles. The van der Waals surface area contributed by atoms with Crippen LogP contribution in [0.3, 0.4) is 0 Å². The third-order valence-electron chi connectivity index (χ3n) is 4.98. The second kappa shape index (κ2) is 9.26. The van der Waals surface area contributed by atoms with Crippen molar-refractivity contribution in [1.29, 1.82) is 0 Å². The van der Waals surface area contributed by atoms with Crippen molar-refractivity contribution in [3.8, 4) is 0 Å². The van der Waals surface area contributed by atoms with Gasteiger partial charge in [-0.1, -0.05) is 13.8 Å². The summed E-state index contributed by atoms with van der Waals surface area (Å²) in [6.45, 7) is 7.87. The maximum Gasteiger partial charge on any atom is 0.242 e. The third-order valence-corrected chi connectivity index (χ3v) is 4.98. The van der Waals surface area contributed by atoms with E-state index in [-0.39, 0.29) is 17.9 Å². The third kappa shape index (κ3) is 5.79. The van der Waals surface area contributed by atoms with E-state index in [1.165, 1.54) is 12.8 Å². The zero-order valence-electron chi connectivity index (χ0n) is 14.8. The molecule has 2 aliphatic heterocycles. The molecule has 23 heavy (non-hydrogen) atoms. The van der Waals surface area contributed by atoms with Gasteiger partial charge >= 0.3 is 0 Å². The molecule has 0 spiro atoms. The van der Waals surface area contributed by atoms with Crippen LogP contribution in [-0.4, -0.2) is 48.9 Å². The van der Waals surface area contributed by atoms with Gasteiger partial charge in [0, 0.05) is 19.5 Å². The highest BCUT2D eigenvalue weighted by Gasteiger charge is 2.31. The molecule has 0 radical (unpaired) electrons. The lowest BCUT2D eigenvalue weighted by molar-refractivity contribution is -0.143. The molecule has 0 aliphatic carbocycles. The second-order valence-electron chi connectivity index (χ2n) is 7.48. The van der Waals surface area contributed by atoms with Gasteiger partial charge < -0.3 is 15.5 Å². The summed E-state index contributed by atoms with van der Waals surface area (Å²) < 4.78 is 0. The second-order valence-corrected chi connectivity index (χ2v) is 7.48. The van der Waals surface area contributed by atoms with Crippen LogP contribution in [0.5, 0.6) is 0 Å². The molecule has 2 amide bonds. The highest BCUT2D eigenvalue weighted by molar-refractivity contribution is 5.88. The van der Waals surface area contributed by atoms with E-state index in [0.29, 0.717) is 18.3 Å². The minimum Gasteiger partial charge on any atom is -0.354 e. The predicted octanol–water partition coefficient (Wildman–Crippen LogP) is 1.92. The predicted molar refractivity (Wildman–Crippen MR) is 92.0 cm³/mol. The lowest BCUT2D eigenvalue weighted by Crippen LogP contribution is -2.52. The van der Waals surface area contributed by atoms with Gasteiger partial charge in [0.2, 0.25) is 11.8 Å². The molecule has 132 valence electrons.